The largest absolute Gasteiger partial charge is 0.335 e. The Kier molecular flexibility index (Phi) is 4.04. The third-order valence-electron chi connectivity index (χ3n) is 2.69. The van der Waals surface area contributed by atoms with Gasteiger partial charge in [0.05, 0.1) is 11.4 Å². The Morgan fingerprint density at radius 3 is 2.83 bits per heavy atom. The fourth-order valence-corrected chi connectivity index (χ4v) is 2.26. The van der Waals surface area contributed by atoms with E-state index in [1.807, 2.05) is 17.7 Å². The number of aromatic nitrogens is 2. The smallest absolute Gasteiger partial charge is 0.171 e. The van der Waals surface area contributed by atoms with Crippen molar-refractivity contribution in [3.05, 3.63) is 52.0 Å². The summed E-state index contributed by atoms with van der Waals surface area (Å²) in [5, 5.41) is 0.897. The highest BCUT2D eigenvalue weighted by Gasteiger charge is 2.14. The molecule has 3 nitrogen and oxygen atoms in total. The van der Waals surface area contributed by atoms with Gasteiger partial charge in [0.15, 0.2) is 5.78 Å². The van der Waals surface area contributed by atoms with Crippen LogP contribution in [-0.4, -0.2) is 15.3 Å². The van der Waals surface area contributed by atoms with E-state index >= 15 is 0 Å². The van der Waals surface area contributed by atoms with E-state index in [-0.39, 0.29) is 12.2 Å². The van der Waals surface area contributed by atoms with Crippen LogP contribution in [0.25, 0.3) is 0 Å². The molecule has 1 aromatic carbocycles. The van der Waals surface area contributed by atoms with Crippen molar-refractivity contribution in [2.45, 2.75) is 19.9 Å². The van der Waals surface area contributed by atoms with Gasteiger partial charge in [-0.05, 0) is 25.1 Å². The van der Waals surface area contributed by atoms with E-state index in [9.17, 15) is 4.79 Å². The molecule has 0 N–H and O–H groups in total. The summed E-state index contributed by atoms with van der Waals surface area (Å²) in [4.78, 5) is 16.3. The molecule has 0 bridgehead atoms. The summed E-state index contributed by atoms with van der Waals surface area (Å²) in [5.74, 6) is 0.686. The number of imidazole rings is 1. The molecular weight excluding hydrogens is 271 g/mol. The van der Waals surface area contributed by atoms with Gasteiger partial charge in [-0.15, -0.1) is 0 Å². The topological polar surface area (TPSA) is 34.9 Å². The molecule has 94 valence electrons. The summed E-state index contributed by atoms with van der Waals surface area (Å²) in [6.45, 7) is 2.79. The van der Waals surface area contributed by atoms with Crippen molar-refractivity contribution in [3.63, 3.8) is 0 Å². The van der Waals surface area contributed by atoms with Crippen LogP contribution in [0.15, 0.2) is 30.6 Å². The van der Waals surface area contributed by atoms with Crippen LogP contribution in [0, 0.1) is 0 Å². The molecule has 2 aromatic rings. The Morgan fingerprint density at radius 2 is 2.17 bits per heavy atom. The normalized spacial score (nSPS) is 10.6. The Hall–Kier alpha value is -1.32. The van der Waals surface area contributed by atoms with Crippen LogP contribution in [0.2, 0.25) is 10.0 Å². The van der Waals surface area contributed by atoms with E-state index in [0.717, 1.165) is 12.4 Å². The lowest BCUT2D eigenvalue weighted by molar-refractivity contribution is 0.0990. The molecule has 0 atom stereocenters. The number of halogens is 2. The maximum atomic E-state index is 12.1. The molecule has 2 rings (SSSR count). The predicted molar refractivity (Wildman–Crippen MR) is 72.4 cm³/mol. The van der Waals surface area contributed by atoms with Crippen molar-refractivity contribution < 1.29 is 4.79 Å². The number of hydrogen-bond donors (Lipinski definition) is 0. The van der Waals surface area contributed by atoms with Gasteiger partial charge in [-0.2, -0.15) is 0 Å². The first-order chi connectivity index (χ1) is 8.61. The minimum Gasteiger partial charge on any atom is -0.335 e. The van der Waals surface area contributed by atoms with Gasteiger partial charge in [0.25, 0.3) is 0 Å². The van der Waals surface area contributed by atoms with Gasteiger partial charge in [-0.25, -0.2) is 4.98 Å². The molecule has 0 aliphatic heterocycles. The average Bonchev–Trinajstić information content (AvgIpc) is 2.76. The van der Waals surface area contributed by atoms with Gasteiger partial charge in [0, 0.05) is 29.5 Å². The molecule has 18 heavy (non-hydrogen) atoms. The fourth-order valence-electron chi connectivity index (χ4n) is 1.75. The SMILES string of the molecule is CCn1ccnc1CC(=O)c1ccc(Cl)cc1Cl. The number of ketones is 1. The third kappa shape index (κ3) is 2.74. The summed E-state index contributed by atoms with van der Waals surface area (Å²) >= 11 is 11.8. The zero-order valence-corrected chi connectivity index (χ0v) is 11.4. The Labute approximate surface area is 115 Å². The van der Waals surface area contributed by atoms with E-state index in [0.29, 0.717) is 15.6 Å². The Bertz CT molecular complexity index is 578. The Balaban J connectivity index is 2.22. The monoisotopic (exact) mass is 282 g/mol. The van der Waals surface area contributed by atoms with Gasteiger partial charge in [0.2, 0.25) is 0 Å². The molecule has 0 saturated carbocycles. The molecule has 0 fully saturated rings. The number of benzene rings is 1. The summed E-state index contributed by atoms with van der Waals surface area (Å²) in [6.07, 6.45) is 3.78. The van der Waals surface area contributed by atoms with E-state index in [2.05, 4.69) is 4.98 Å². The van der Waals surface area contributed by atoms with E-state index in [1.165, 1.54) is 0 Å². The minimum absolute atomic E-state index is 0.0578. The van der Waals surface area contributed by atoms with Crippen molar-refractivity contribution in [1.82, 2.24) is 9.55 Å². The van der Waals surface area contributed by atoms with Gasteiger partial charge >= 0.3 is 0 Å². The lowest BCUT2D eigenvalue weighted by atomic mass is 10.1. The maximum Gasteiger partial charge on any atom is 0.171 e. The summed E-state index contributed by atoms with van der Waals surface area (Å²) in [6, 6.07) is 4.88. The average molecular weight is 283 g/mol. The molecule has 0 amide bonds. The highest BCUT2D eigenvalue weighted by Crippen LogP contribution is 2.22. The molecule has 0 radical (unpaired) electrons. The first-order valence-electron chi connectivity index (χ1n) is 5.60. The summed E-state index contributed by atoms with van der Waals surface area (Å²) in [5.41, 5.74) is 0.478. The van der Waals surface area contributed by atoms with E-state index in [1.54, 1.807) is 24.4 Å². The van der Waals surface area contributed by atoms with Crippen LogP contribution in [0.3, 0.4) is 0 Å². The second-order valence-electron chi connectivity index (χ2n) is 3.85. The first kappa shape index (κ1) is 13.1. The van der Waals surface area contributed by atoms with Crippen LogP contribution in [0.4, 0.5) is 0 Å². The predicted octanol–water partition coefficient (Wildman–Crippen LogP) is 3.64. The fraction of sp³-hybridized carbons (Fsp3) is 0.231. The number of carbonyl (C=O) groups is 1. The van der Waals surface area contributed by atoms with Gasteiger partial charge in [-0.1, -0.05) is 23.2 Å². The number of carbonyl (C=O) groups excluding carboxylic acids is 1. The number of nitrogens with zero attached hydrogens (tertiary/aromatic N) is 2. The molecule has 0 unspecified atom stereocenters. The van der Waals surface area contributed by atoms with Crippen LogP contribution < -0.4 is 0 Å². The van der Waals surface area contributed by atoms with Crippen LogP contribution >= 0.6 is 23.2 Å². The standard InChI is InChI=1S/C13H12Cl2N2O/c1-2-17-6-5-16-13(17)8-12(18)10-4-3-9(14)7-11(10)15/h3-7H,2,8H2,1H3. The van der Waals surface area contributed by atoms with Crippen LogP contribution in [-0.2, 0) is 13.0 Å². The molecule has 0 spiro atoms. The molecule has 5 heteroatoms. The molecule has 1 aromatic heterocycles. The molecule has 0 saturated heterocycles. The third-order valence-corrected chi connectivity index (χ3v) is 3.24. The molecular formula is C13H12Cl2N2O. The van der Waals surface area contributed by atoms with Crippen LogP contribution in [0.5, 0.6) is 0 Å². The second-order valence-corrected chi connectivity index (χ2v) is 4.70. The van der Waals surface area contributed by atoms with Gasteiger partial charge in [0.1, 0.15) is 5.82 Å². The molecule has 0 aliphatic carbocycles. The minimum atomic E-state index is -0.0578. The number of aryl methyl sites for hydroxylation is 1. The molecule has 0 aliphatic rings. The zero-order chi connectivity index (χ0) is 13.1. The number of hydrogen-bond acceptors (Lipinski definition) is 2. The number of Topliss-reactive ketones (excluding diaryl/α,β-unsaturated/α-hetero) is 1. The van der Waals surface area contributed by atoms with Crippen molar-refractivity contribution in [2.24, 2.45) is 0 Å². The summed E-state index contributed by atoms with van der Waals surface area (Å²) in [7, 11) is 0. The lowest BCUT2D eigenvalue weighted by Gasteiger charge is -2.06. The molecule has 1 heterocycles. The highest BCUT2D eigenvalue weighted by atomic mass is 35.5. The Morgan fingerprint density at radius 1 is 1.39 bits per heavy atom. The van der Waals surface area contributed by atoms with Crippen molar-refractivity contribution >= 4 is 29.0 Å². The van der Waals surface area contributed by atoms with E-state index in [4.69, 9.17) is 23.2 Å². The summed E-state index contributed by atoms with van der Waals surface area (Å²) < 4.78 is 1.93. The lowest BCUT2D eigenvalue weighted by Crippen LogP contribution is -2.10. The van der Waals surface area contributed by atoms with Crippen molar-refractivity contribution in [3.8, 4) is 0 Å². The maximum absolute atomic E-state index is 12.1. The number of rotatable bonds is 4. The first-order valence-corrected chi connectivity index (χ1v) is 6.35. The van der Waals surface area contributed by atoms with E-state index < -0.39 is 0 Å². The van der Waals surface area contributed by atoms with Crippen molar-refractivity contribution in [2.75, 3.05) is 0 Å². The van der Waals surface area contributed by atoms with Gasteiger partial charge < -0.3 is 4.57 Å². The zero-order valence-electron chi connectivity index (χ0n) is 9.86. The highest BCUT2D eigenvalue weighted by molar-refractivity contribution is 6.36. The second kappa shape index (κ2) is 5.55. The quantitative estimate of drug-likeness (QED) is 0.803. The van der Waals surface area contributed by atoms with Crippen LogP contribution in [0.1, 0.15) is 23.1 Å². The van der Waals surface area contributed by atoms with Crippen molar-refractivity contribution in [1.29, 1.82) is 0 Å². The van der Waals surface area contributed by atoms with Gasteiger partial charge in [-0.3, -0.25) is 4.79 Å².